The molecule has 2 rings (SSSR count). The molecule has 0 saturated heterocycles. The van der Waals surface area contributed by atoms with Gasteiger partial charge in [0, 0.05) is 30.1 Å². The van der Waals surface area contributed by atoms with Gasteiger partial charge in [0.2, 0.25) is 5.78 Å². The van der Waals surface area contributed by atoms with Crippen LogP contribution in [0.4, 0.5) is 0 Å². The molecule has 7 nitrogen and oxygen atoms in total. The standard InChI is InChI=1S/C19H23NO6/c1-11-7-16(13(3)20(11)12(2)9-25-4)18(23)10-26-19(24)15-6-5-14(21)8-17(15)22/h5-8,12,21-22H,9-10H2,1-4H3/t12-/m0/s1. The number of hydrogen-bond acceptors (Lipinski definition) is 6. The molecule has 1 aromatic heterocycles. The molecule has 1 heterocycles. The molecular weight excluding hydrogens is 338 g/mol. The summed E-state index contributed by atoms with van der Waals surface area (Å²) in [4.78, 5) is 24.5. The number of hydrogen-bond donors (Lipinski definition) is 2. The molecule has 0 aliphatic heterocycles. The molecule has 7 heteroatoms. The van der Waals surface area contributed by atoms with E-state index in [0.29, 0.717) is 12.2 Å². The molecule has 0 aliphatic rings. The van der Waals surface area contributed by atoms with Gasteiger partial charge in [-0.25, -0.2) is 4.79 Å². The zero-order valence-electron chi connectivity index (χ0n) is 15.3. The van der Waals surface area contributed by atoms with Gasteiger partial charge in [-0.1, -0.05) is 0 Å². The number of aryl methyl sites for hydroxylation is 1. The van der Waals surface area contributed by atoms with Crippen molar-refractivity contribution in [2.24, 2.45) is 0 Å². The smallest absolute Gasteiger partial charge is 0.342 e. The third-order valence-corrected chi connectivity index (χ3v) is 4.17. The molecule has 0 saturated carbocycles. The fourth-order valence-electron chi connectivity index (χ4n) is 3.03. The van der Waals surface area contributed by atoms with Gasteiger partial charge in [0.15, 0.2) is 6.61 Å². The molecule has 0 spiro atoms. The fraction of sp³-hybridized carbons (Fsp3) is 0.368. The van der Waals surface area contributed by atoms with Crippen LogP contribution in [0, 0.1) is 13.8 Å². The summed E-state index contributed by atoms with van der Waals surface area (Å²) in [7, 11) is 1.62. The number of phenolic OH excluding ortho intramolecular Hbond substituents is 2. The minimum Gasteiger partial charge on any atom is -0.508 e. The summed E-state index contributed by atoms with van der Waals surface area (Å²) >= 11 is 0. The van der Waals surface area contributed by atoms with E-state index in [1.807, 2.05) is 25.3 Å². The summed E-state index contributed by atoms with van der Waals surface area (Å²) in [6.07, 6.45) is 0. The van der Waals surface area contributed by atoms with Crippen molar-refractivity contribution in [3.63, 3.8) is 0 Å². The zero-order valence-corrected chi connectivity index (χ0v) is 15.3. The number of carbonyl (C=O) groups is 2. The van der Waals surface area contributed by atoms with Gasteiger partial charge in [0.1, 0.15) is 17.1 Å². The third-order valence-electron chi connectivity index (χ3n) is 4.17. The SMILES string of the molecule is COC[C@H](C)n1c(C)cc(C(=O)COC(=O)c2ccc(O)cc2O)c1C. The summed E-state index contributed by atoms with van der Waals surface area (Å²) in [5.74, 6) is -1.75. The van der Waals surface area contributed by atoms with Gasteiger partial charge < -0.3 is 24.3 Å². The van der Waals surface area contributed by atoms with Crippen molar-refractivity contribution in [2.45, 2.75) is 26.8 Å². The second kappa shape index (κ2) is 8.05. The topological polar surface area (TPSA) is 98.0 Å². The van der Waals surface area contributed by atoms with Crippen LogP contribution in [0.1, 0.15) is 45.1 Å². The lowest BCUT2D eigenvalue weighted by Gasteiger charge is -2.17. The van der Waals surface area contributed by atoms with Gasteiger partial charge in [-0.2, -0.15) is 0 Å². The highest BCUT2D eigenvalue weighted by atomic mass is 16.5. The van der Waals surface area contributed by atoms with Crippen molar-refractivity contribution in [3.8, 4) is 11.5 Å². The van der Waals surface area contributed by atoms with E-state index >= 15 is 0 Å². The van der Waals surface area contributed by atoms with Gasteiger partial charge in [0.05, 0.1) is 12.6 Å². The second-order valence-electron chi connectivity index (χ2n) is 6.16. The number of carbonyl (C=O) groups excluding carboxylic acids is 2. The first-order valence-corrected chi connectivity index (χ1v) is 8.16. The van der Waals surface area contributed by atoms with Crippen LogP contribution in [0.15, 0.2) is 24.3 Å². The molecule has 0 fully saturated rings. The van der Waals surface area contributed by atoms with E-state index in [2.05, 4.69) is 0 Å². The largest absolute Gasteiger partial charge is 0.508 e. The number of aromatic hydroxyl groups is 2. The number of phenols is 2. The lowest BCUT2D eigenvalue weighted by atomic mass is 10.1. The molecule has 0 bridgehead atoms. The Kier molecular flexibility index (Phi) is 6.05. The Labute approximate surface area is 151 Å². The Hall–Kier alpha value is -2.80. The third kappa shape index (κ3) is 4.05. The molecule has 0 radical (unpaired) electrons. The predicted octanol–water partition coefficient (Wildman–Crippen LogP) is 2.76. The molecular formula is C19H23NO6. The predicted molar refractivity (Wildman–Crippen MR) is 94.9 cm³/mol. The molecule has 0 amide bonds. The summed E-state index contributed by atoms with van der Waals surface area (Å²) in [5, 5.41) is 18.9. The maximum atomic E-state index is 12.5. The van der Waals surface area contributed by atoms with E-state index in [9.17, 15) is 19.8 Å². The van der Waals surface area contributed by atoms with Gasteiger partial charge in [-0.3, -0.25) is 4.79 Å². The number of rotatable bonds is 7. The monoisotopic (exact) mass is 361 g/mol. The first kappa shape index (κ1) is 19.5. The number of Topliss-reactive ketones (excluding diaryl/α,β-unsaturated/α-hetero) is 1. The van der Waals surface area contributed by atoms with Crippen molar-refractivity contribution in [1.29, 1.82) is 0 Å². The molecule has 0 unspecified atom stereocenters. The highest BCUT2D eigenvalue weighted by Crippen LogP contribution is 2.24. The number of ketones is 1. The lowest BCUT2D eigenvalue weighted by Crippen LogP contribution is -2.17. The molecule has 2 N–H and O–H groups in total. The van der Waals surface area contributed by atoms with Crippen LogP contribution in [-0.2, 0) is 9.47 Å². The summed E-state index contributed by atoms with van der Waals surface area (Å²) < 4.78 is 12.2. The molecule has 2 aromatic rings. The normalized spacial score (nSPS) is 12.0. The Morgan fingerprint density at radius 3 is 2.46 bits per heavy atom. The van der Waals surface area contributed by atoms with Crippen molar-refractivity contribution < 1.29 is 29.3 Å². The maximum absolute atomic E-state index is 12.5. The van der Waals surface area contributed by atoms with Crippen molar-refractivity contribution in [3.05, 3.63) is 46.8 Å². The summed E-state index contributed by atoms with van der Waals surface area (Å²) in [6.45, 7) is 5.79. The van der Waals surface area contributed by atoms with E-state index in [1.165, 1.54) is 12.1 Å². The van der Waals surface area contributed by atoms with E-state index in [4.69, 9.17) is 9.47 Å². The van der Waals surface area contributed by atoms with Gasteiger partial charge >= 0.3 is 5.97 Å². The maximum Gasteiger partial charge on any atom is 0.342 e. The number of aromatic nitrogens is 1. The Morgan fingerprint density at radius 1 is 1.15 bits per heavy atom. The van der Waals surface area contributed by atoms with Crippen molar-refractivity contribution in [1.82, 2.24) is 4.57 Å². The number of benzene rings is 1. The fourth-order valence-corrected chi connectivity index (χ4v) is 3.03. The molecule has 1 aromatic carbocycles. The quantitative estimate of drug-likeness (QED) is 0.581. The van der Waals surface area contributed by atoms with Crippen LogP contribution >= 0.6 is 0 Å². The van der Waals surface area contributed by atoms with Gasteiger partial charge in [0.25, 0.3) is 0 Å². The number of ether oxygens (including phenoxy) is 2. The molecule has 26 heavy (non-hydrogen) atoms. The summed E-state index contributed by atoms with van der Waals surface area (Å²) in [6, 6.07) is 5.34. The van der Waals surface area contributed by atoms with Gasteiger partial charge in [-0.15, -0.1) is 0 Å². The van der Waals surface area contributed by atoms with Crippen molar-refractivity contribution >= 4 is 11.8 Å². The van der Waals surface area contributed by atoms with Crippen LogP contribution in [0.25, 0.3) is 0 Å². The highest BCUT2D eigenvalue weighted by molar-refractivity contribution is 6.01. The number of nitrogens with zero attached hydrogens (tertiary/aromatic N) is 1. The second-order valence-corrected chi connectivity index (χ2v) is 6.16. The minimum atomic E-state index is -0.836. The molecule has 0 aliphatic carbocycles. The van der Waals surface area contributed by atoms with Crippen LogP contribution < -0.4 is 0 Å². The van der Waals surface area contributed by atoms with E-state index < -0.39 is 18.3 Å². The van der Waals surface area contributed by atoms with E-state index in [1.54, 1.807) is 13.2 Å². The Morgan fingerprint density at radius 2 is 1.85 bits per heavy atom. The van der Waals surface area contributed by atoms with E-state index in [0.717, 1.165) is 17.5 Å². The van der Waals surface area contributed by atoms with Crippen LogP contribution in [0.3, 0.4) is 0 Å². The molecule has 140 valence electrons. The van der Waals surface area contributed by atoms with Gasteiger partial charge in [-0.05, 0) is 39.0 Å². The molecule has 1 atom stereocenters. The Bertz CT molecular complexity index is 824. The first-order valence-electron chi connectivity index (χ1n) is 8.16. The average Bonchev–Trinajstić information content (AvgIpc) is 2.87. The van der Waals surface area contributed by atoms with E-state index in [-0.39, 0.29) is 23.1 Å². The minimum absolute atomic E-state index is 0.0676. The van der Waals surface area contributed by atoms with Crippen LogP contribution in [0.5, 0.6) is 11.5 Å². The first-order chi connectivity index (χ1) is 12.3. The van der Waals surface area contributed by atoms with Crippen LogP contribution in [-0.4, -0.2) is 46.9 Å². The zero-order chi connectivity index (χ0) is 19.4. The average molecular weight is 361 g/mol. The highest BCUT2D eigenvalue weighted by Gasteiger charge is 2.21. The Balaban J connectivity index is 2.11. The number of esters is 1. The van der Waals surface area contributed by atoms with Crippen LogP contribution in [0.2, 0.25) is 0 Å². The lowest BCUT2D eigenvalue weighted by molar-refractivity contribution is 0.0471. The number of methoxy groups -OCH3 is 1. The van der Waals surface area contributed by atoms with Crippen molar-refractivity contribution in [2.75, 3.05) is 20.3 Å². The summed E-state index contributed by atoms with van der Waals surface area (Å²) in [5.41, 5.74) is 2.06.